The molecule has 370 valence electrons. The molecular weight excluding hydrogens is 909 g/mol. The summed E-state index contributed by atoms with van der Waals surface area (Å²) in [5, 5.41) is 3.36. The maximum absolute atomic E-state index is 11.7. The third-order valence-corrected chi connectivity index (χ3v) is 12.6. The molecule has 0 unspecified atom stereocenters. The summed E-state index contributed by atoms with van der Waals surface area (Å²) >= 11 is 0. The van der Waals surface area contributed by atoms with Gasteiger partial charge in [-0.15, -0.1) is 0 Å². The van der Waals surface area contributed by atoms with Crippen molar-refractivity contribution in [1.29, 1.82) is 0 Å². The van der Waals surface area contributed by atoms with Crippen molar-refractivity contribution in [3.8, 4) is 33.8 Å². The zero-order valence-corrected chi connectivity index (χ0v) is 40.4. The molecule has 72 heavy (non-hydrogen) atoms. The number of benzene rings is 4. The number of rotatable bonds is 13. The number of likely N-dealkylation sites (N-methyl/N-ethyl adjacent to an activating group) is 1. The van der Waals surface area contributed by atoms with E-state index in [0.29, 0.717) is 67.3 Å². The maximum atomic E-state index is 11.7. The Balaban J connectivity index is 0.000000145. The smallest absolute Gasteiger partial charge is 0.267 e. The van der Waals surface area contributed by atoms with Gasteiger partial charge in [-0.05, 0) is 43.0 Å². The summed E-state index contributed by atoms with van der Waals surface area (Å²) in [5.41, 5.74) is 23.1. The summed E-state index contributed by atoms with van der Waals surface area (Å²) < 4.78 is 11.5. The average molecular weight is 969 g/mol. The van der Waals surface area contributed by atoms with Crippen LogP contribution in [0.25, 0.3) is 33.8 Å². The van der Waals surface area contributed by atoms with Crippen LogP contribution in [0.3, 0.4) is 0 Å². The molecule has 17 nitrogen and oxygen atoms in total. The fraction of sp³-hybridized carbons (Fsp3) is 0.291. The Morgan fingerprint density at radius 1 is 0.597 bits per heavy atom. The van der Waals surface area contributed by atoms with Gasteiger partial charge in [-0.25, -0.2) is 29.9 Å². The van der Waals surface area contributed by atoms with Gasteiger partial charge >= 0.3 is 0 Å². The molecule has 7 N–H and O–H groups in total. The van der Waals surface area contributed by atoms with Gasteiger partial charge in [-0.3, -0.25) is 14.4 Å². The molecule has 3 amide bonds. The van der Waals surface area contributed by atoms with Gasteiger partial charge in [0.1, 0.15) is 17.1 Å². The first-order chi connectivity index (χ1) is 35.0. The third kappa shape index (κ3) is 13.6. The number of nitrogens with one attached hydrogen (secondary N) is 1. The Hall–Kier alpha value is -8.15. The number of primary amides is 3. The second kappa shape index (κ2) is 24.1. The van der Waals surface area contributed by atoms with Gasteiger partial charge in [0.25, 0.3) is 17.7 Å². The van der Waals surface area contributed by atoms with Crippen LogP contribution in [0, 0.1) is 0 Å². The molecule has 1 saturated carbocycles. The fourth-order valence-corrected chi connectivity index (χ4v) is 8.65. The Labute approximate surface area is 419 Å². The Bertz CT molecular complexity index is 2890. The van der Waals surface area contributed by atoms with Crippen LogP contribution < -0.4 is 32.3 Å². The van der Waals surface area contributed by atoms with Crippen LogP contribution in [0.5, 0.6) is 0 Å². The number of hydrogen-bond acceptors (Lipinski definition) is 14. The molecule has 17 heteroatoms. The highest BCUT2D eigenvalue weighted by atomic mass is 16.7. The van der Waals surface area contributed by atoms with E-state index in [0.717, 1.165) is 55.3 Å². The van der Waals surface area contributed by atoms with Gasteiger partial charge in [0, 0.05) is 62.3 Å². The van der Waals surface area contributed by atoms with Crippen molar-refractivity contribution in [3.63, 3.8) is 0 Å². The minimum atomic E-state index is -0.559. The number of nitrogens with zero attached hydrogens (tertiary/aromatic N) is 8. The van der Waals surface area contributed by atoms with Gasteiger partial charge < -0.3 is 41.8 Å². The molecule has 5 heterocycles. The van der Waals surface area contributed by atoms with Crippen LogP contribution in [-0.2, 0) is 15.9 Å². The molecule has 3 aliphatic rings. The first kappa shape index (κ1) is 50.2. The lowest BCUT2D eigenvalue weighted by Crippen LogP contribution is -2.45. The zero-order chi connectivity index (χ0) is 50.3. The summed E-state index contributed by atoms with van der Waals surface area (Å²) in [6.45, 7) is 3.44. The number of piperidine rings is 1. The normalized spacial score (nSPS) is 15.0. The van der Waals surface area contributed by atoms with Crippen molar-refractivity contribution < 1.29 is 23.9 Å². The van der Waals surface area contributed by atoms with Crippen LogP contribution in [0.1, 0.15) is 82.0 Å². The lowest BCUT2D eigenvalue weighted by molar-refractivity contribution is -0.169. The molecule has 0 atom stereocenters. The molecule has 1 aliphatic carbocycles. The summed E-state index contributed by atoms with van der Waals surface area (Å²) in [4.78, 5) is 65.6. The molecule has 0 radical (unpaired) electrons. The summed E-state index contributed by atoms with van der Waals surface area (Å²) in [7, 11) is 1.91. The lowest BCUT2D eigenvalue weighted by Gasteiger charge is -2.37. The first-order valence-electron chi connectivity index (χ1n) is 24.3. The number of ether oxygens (including phenoxy) is 2. The largest absolute Gasteiger partial charge is 0.364 e. The van der Waals surface area contributed by atoms with Gasteiger partial charge in [0.05, 0.1) is 30.3 Å². The van der Waals surface area contributed by atoms with E-state index in [1.807, 2.05) is 121 Å². The summed E-state index contributed by atoms with van der Waals surface area (Å²) in [6.07, 6.45) is 8.32. The molecule has 0 bridgehead atoms. The molecule has 3 aromatic heterocycles. The Morgan fingerprint density at radius 2 is 1.06 bits per heavy atom. The summed E-state index contributed by atoms with van der Waals surface area (Å²) in [6, 6.07) is 44.6. The van der Waals surface area contributed by atoms with Crippen molar-refractivity contribution in [2.45, 2.75) is 63.2 Å². The molecule has 4 aromatic carbocycles. The second-order valence-electron chi connectivity index (χ2n) is 17.8. The van der Waals surface area contributed by atoms with Crippen LogP contribution >= 0.6 is 0 Å². The van der Waals surface area contributed by atoms with Crippen LogP contribution in [0.15, 0.2) is 140 Å². The van der Waals surface area contributed by atoms with Crippen molar-refractivity contribution in [2.75, 3.05) is 55.0 Å². The molecule has 7 aromatic rings. The fourth-order valence-electron chi connectivity index (χ4n) is 8.65. The standard InChI is InChI=1S/C20H20N4O.C18H20N4O3.C17H20N4O/c1-24(13-12-15-8-4-2-5-9-15)20-22-17(14-18(23-20)19(21)25)16-10-6-3-7-11-16;19-16(23)15-12-14(13-4-2-1-3-5-13)20-17(21-15)22-8-6-18(7-9-22)24-10-11-25-18;18-16(22)15-11-14(12-7-3-1-4-8-12)20-17(21-15)19-13-9-5-2-6-10-13/h2-11,14H,12-13H2,1H3,(H2,21,25);1-5,12H,6-11H2,(H2,19,23);1,3-4,7-8,11,13H,2,5-6,9-10H2,(H2,18,22)(H,19,20,21). The molecule has 10 rings (SSSR count). The van der Waals surface area contributed by atoms with Crippen molar-refractivity contribution in [3.05, 3.63) is 162 Å². The third-order valence-electron chi connectivity index (χ3n) is 12.6. The number of carbonyl (C=O) groups is 3. The number of nitrogens with two attached hydrogens (primary N) is 3. The minimum absolute atomic E-state index is 0.218. The SMILES string of the molecule is CN(CCc1ccccc1)c1nc(C(N)=O)cc(-c2ccccc2)n1.NC(=O)c1cc(-c2ccccc2)nc(N2CCC3(CC2)OCCO3)n1.NC(=O)c1cc(-c2ccccc2)nc(NC2CCCCC2)n1. The second-order valence-corrected chi connectivity index (χ2v) is 17.8. The quantitative estimate of drug-likeness (QED) is 0.0875. The predicted molar refractivity (Wildman–Crippen MR) is 278 cm³/mol. The van der Waals surface area contributed by atoms with E-state index in [1.54, 1.807) is 18.2 Å². The van der Waals surface area contributed by atoms with E-state index in [4.69, 9.17) is 26.7 Å². The van der Waals surface area contributed by atoms with Crippen LogP contribution in [-0.4, -0.2) is 99.4 Å². The number of hydrogen-bond donors (Lipinski definition) is 4. The van der Waals surface area contributed by atoms with E-state index in [-0.39, 0.29) is 17.1 Å². The van der Waals surface area contributed by atoms with E-state index in [2.05, 4.69) is 52.3 Å². The van der Waals surface area contributed by atoms with Gasteiger partial charge in [0.15, 0.2) is 5.79 Å². The van der Waals surface area contributed by atoms with Crippen molar-refractivity contribution in [2.24, 2.45) is 17.2 Å². The molecule has 2 aliphatic heterocycles. The molecule has 2 saturated heterocycles. The number of amides is 3. The first-order valence-corrected chi connectivity index (χ1v) is 24.3. The van der Waals surface area contributed by atoms with E-state index in [9.17, 15) is 14.4 Å². The average Bonchev–Trinajstić information content (AvgIpc) is 3.89. The maximum Gasteiger partial charge on any atom is 0.267 e. The lowest BCUT2D eigenvalue weighted by atomic mass is 9.96. The summed E-state index contributed by atoms with van der Waals surface area (Å²) in [5.74, 6) is -0.614. The predicted octanol–water partition coefficient (Wildman–Crippen LogP) is 7.49. The topological polar surface area (TPSA) is 244 Å². The van der Waals surface area contributed by atoms with E-state index < -0.39 is 23.5 Å². The van der Waals surface area contributed by atoms with E-state index >= 15 is 0 Å². The number of anilines is 3. The van der Waals surface area contributed by atoms with E-state index in [1.165, 1.54) is 24.8 Å². The Morgan fingerprint density at radius 3 is 1.57 bits per heavy atom. The van der Waals surface area contributed by atoms with Gasteiger partial charge in [-0.1, -0.05) is 141 Å². The number of carbonyl (C=O) groups excluding carboxylic acids is 3. The molecule has 3 fully saturated rings. The molecule has 1 spiro atoms. The highest BCUT2D eigenvalue weighted by molar-refractivity contribution is 5.93. The van der Waals surface area contributed by atoms with Gasteiger partial charge in [-0.2, -0.15) is 0 Å². The van der Waals surface area contributed by atoms with Gasteiger partial charge in [0.2, 0.25) is 17.8 Å². The zero-order valence-electron chi connectivity index (χ0n) is 40.4. The minimum Gasteiger partial charge on any atom is -0.364 e. The van der Waals surface area contributed by atoms with Crippen LogP contribution in [0.2, 0.25) is 0 Å². The van der Waals surface area contributed by atoms with Crippen molar-refractivity contribution >= 4 is 35.6 Å². The molecular formula is C55H60N12O5. The number of aromatic nitrogens is 6. The monoisotopic (exact) mass is 968 g/mol. The highest BCUT2D eigenvalue weighted by Gasteiger charge is 2.40. The van der Waals surface area contributed by atoms with Crippen molar-refractivity contribution in [1.82, 2.24) is 29.9 Å². The van der Waals surface area contributed by atoms with Crippen LogP contribution in [0.4, 0.5) is 17.8 Å². The Kier molecular flexibility index (Phi) is 16.8. The highest BCUT2D eigenvalue weighted by Crippen LogP contribution is 2.33.